The van der Waals surface area contributed by atoms with Gasteiger partial charge in [0.25, 0.3) is 0 Å². The van der Waals surface area contributed by atoms with Gasteiger partial charge in [0.1, 0.15) is 5.82 Å². The molecular weight excluding hydrogens is 275 g/mol. The zero-order chi connectivity index (χ0) is 14.8. The molecule has 0 unspecified atom stereocenters. The van der Waals surface area contributed by atoms with Crippen LogP contribution in [0.1, 0.15) is 24.7 Å². The second-order valence-corrected chi connectivity index (χ2v) is 5.12. The Labute approximate surface area is 121 Å². The highest BCUT2D eigenvalue weighted by Gasteiger charge is 2.26. The maximum Gasteiger partial charge on any atom is 0.407 e. The smallest absolute Gasteiger partial charge is 0.407 e. The molecule has 1 aromatic heterocycles. The first-order chi connectivity index (χ1) is 10.1. The van der Waals surface area contributed by atoms with E-state index in [1.165, 1.54) is 17.0 Å². The summed E-state index contributed by atoms with van der Waals surface area (Å²) in [6.45, 7) is 0.968. The third-order valence-corrected chi connectivity index (χ3v) is 3.75. The Morgan fingerprint density at radius 2 is 2.14 bits per heavy atom. The van der Waals surface area contributed by atoms with Crippen LogP contribution < -0.4 is 0 Å². The number of aromatic nitrogens is 1. The van der Waals surface area contributed by atoms with E-state index in [0.29, 0.717) is 43.1 Å². The summed E-state index contributed by atoms with van der Waals surface area (Å²) in [6, 6.07) is 6.17. The van der Waals surface area contributed by atoms with Crippen LogP contribution in [0.2, 0.25) is 0 Å². The van der Waals surface area contributed by atoms with E-state index in [2.05, 4.69) is 4.98 Å². The largest absolute Gasteiger partial charge is 0.465 e. The van der Waals surface area contributed by atoms with Gasteiger partial charge < -0.3 is 14.4 Å². The van der Waals surface area contributed by atoms with Crippen molar-refractivity contribution in [3.8, 4) is 11.3 Å². The average Bonchev–Trinajstić information content (AvgIpc) is 2.97. The summed E-state index contributed by atoms with van der Waals surface area (Å²) in [5.41, 5.74) is 0.650. The number of piperidine rings is 1. The van der Waals surface area contributed by atoms with Crippen molar-refractivity contribution in [1.82, 2.24) is 9.88 Å². The fourth-order valence-corrected chi connectivity index (χ4v) is 2.57. The molecule has 0 saturated carbocycles. The molecule has 1 saturated heterocycles. The van der Waals surface area contributed by atoms with E-state index >= 15 is 0 Å². The van der Waals surface area contributed by atoms with Crippen molar-refractivity contribution < 1.29 is 18.7 Å². The van der Waals surface area contributed by atoms with Gasteiger partial charge in [-0.2, -0.15) is 0 Å². The molecule has 1 N–H and O–H groups in total. The first kappa shape index (κ1) is 13.6. The highest BCUT2D eigenvalue weighted by atomic mass is 19.1. The molecule has 0 bridgehead atoms. The summed E-state index contributed by atoms with van der Waals surface area (Å²) in [6.07, 6.45) is 2.08. The Morgan fingerprint density at radius 1 is 1.38 bits per heavy atom. The maximum absolute atomic E-state index is 13.2. The zero-order valence-electron chi connectivity index (χ0n) is 11.3. The molecule has 110 valence electrons. The second kappa shape index (κ2) is 5.55. The van der Waals surface area contributed by atoms with Crippen LogP contribution in [0, 0.1) is 5.82 Å². The number of hydrogen-bond acceptors (Lipinski definition) is 3. The number of benzene rings is 1. The Bertz CT molecular complexity index is 648. The monoisotopic (exact) mass is 290 g/mol. The van der Waals surface area contributed by atoms with E-state index < -0.39 is 6.09 Å². The van der Waals surface area contributed by atoms with Crippen LogP contribution in [0.4, 0.5) is 9.18 Å². The van der Waals surface area contributed by atoms with Crippen LogP contribution in [-0.2, 0) is 0 Å². The summed E-state index contributed by atoms with van der Waals surface area (Å²) in [7, 11) is 0. The molecule has 2 heterocycles. The molecule has 1 aliphatic heterocycles. The van der Waals surface area contributed by atoms with Crippen LogP contribution >= 0.6 is 0 Å². The molecular formula is C15H15FN2O3. The lowest BCUT2D eigenvalue weighted by molar-refractivity contribution is 0.129. The van der Waals surface area contributed by atoms with Gasteiger partial charge in [-0.25, -0.2) is 14.2 Å². The van der Waals surface area contributed by atoms with Crippen LogP contribution in [0.5, 0.6) is 0 Å². The number of amides is 1. The van der Waals surface area contributed by atoms with Gasteiger partial charge in [-0.3, -0.25) is 0 Å². The van der Waals surface area contributed by atoms with Crippen LogP contribution in [0.3, 0.4) is 0 Å². The Balaban J connectivity index is 1.73. The van der Waals surface area contributed by atoms with Crippen molar-refractivity contribution in [2.45, 2.75) is 18.8 Å². The number of oxazole rings is 1. The van der Waals surface area contributed by atoms with Crippen molar-refractivity contribution in [2.75, 3.05) is 13.1 Å². The fourth-order valence-electron chi connectivity index (χ4n) is 2.57. The molecule has 0 atom stereocenters. The normalized spacial score (nSPS) is 16.1. The third-order valence-electron chi connectivity index (χ3n) is 3.75. The van der Waals surface area contributed by atoms with Crippen molar-refractivity contribution in [2.24, 2.45) is 0 Å². The quantitative estimate of drug-likeness (QED) is 0.921. The summed E-state index contributed by atoms with van der Waals surface area (Å²) in [5.74, 6) is 0.924. The van der Waals surface area contributed by atoms with E-state index in [-0.39, 0.29) is 11.7 Å². The van der Waals surface area contributed by atoms with E-state index in [1.807, 2.05) is 0 Å². The molecule has 1 aromatic carbocycles. The van der Waals surface area contributed by atoms with Crippen LogP contribution in [-0.4, -0.2) is 34.2 Å². The number of likely N-dealkylation sites (tertiary alicyclic amines) is 1. The molecule has 1 aliphatic rings. The molecule has 0 aliphatic carbocycles. The SMILES string of the molecule is O=C(O)N1CCC(c2ncc(-c3cccc(F)c3)o2)CC1. The van der Waals surface area contributed by atoms with Gasteiger partial charge >= 0.3 is 6.09 Å². The highest BCUT2D eigenvalue weighted by Crippen LogP contribution is 2.30. The minimum absolute atomic E-state index is 0.114. The first-order valence-corrected chi connectivity index (χ1v) is 6.83. The van der Waals surface area contributed by atoms with E-state index in [1.54, 1.807) is 18.3 Å². The minimum Gasteiger partial charge on any atom is -0.465 e. The van der Waals surface area contributed by atoms with Gasteiger partial charge in [-0.15, -0.1) is 0 Å². The van der Waals surface area contributed by atoms with Crippen molar-refractivity contribution in [1.29, 1.82) is 0 Å². The molecule has 6 heteroatoms. The summed E-state index contributed by atoms with van der Waals surface area (Å²) in [4.78, 5) is 16.5. The molecule has 3 rings (SSSR count). The predicted molar refractivity (Wildman–Crippen MR) is 73.5 cm³/mol. The van der Waals surface area contributed by atoms with Crippen molar-refractivity contribution >= 4 is 6.09 Å². The van der Waals surface area contributed by atoms with E-state index in [0.717, 1.165) is 0 Å². The standard InChI is InChI=1S/C15H15FN2O3/c16-12-3-1-2-11(8-12)13-9-17-14(21-13)10-4-6-18(7-5-10)15(19)20/h1-3,8-10H,4-7H2,(H,19,20). The van der Waals surface area contributed by atoms with Gasteiger partial charge in [0.05, 0.1) is 6.20 Å². The number of halogens is 1. The predicted octanol–water partition coefficient (Wildman–Crippen LogP) is 3.34. The zero-order valence-corrected chi connectivity index (χ0v) is 11.3. The third kappa shape index (κ3) is 2.89. The molecule has 5 nitrogen and oxygen atoms in total. The van der Waals surface area contributed by atoms with E-state index in [9.17, 15) is 9.18 Å². The van der Waals surface area contributed by atoms with E-state index in [4.69, 9.17) is 9.52 Å². The van der Waals surface area contributed by atoms with Gasteiger partial charge in [0.2, 0.25) is 0 Å². The molecule has 1 amide bonds. The van der Waals surface area contributed by atoms with Gasteiger partial charge in [0.15, 0.2) is 11.7 Å². The average molecular weight is 290 g/mol. The van der Waals surface area contributed by atoms with Crippen molar-refractivity contribution in [3.63, 3.8) is 0 Å². The highest BCUT2D eigenvalue weighted by molar-refractivity contribution is 5.65. The summed E-state index contributed by atoms with van der Waals surface area (Å²) in [5, 5.41) is 8.93. The Hall–Kier alpha value is -2.37. The second-order valence-electron chi connectivity index (χ2n) is 5.12. The van der Waals surface area contributed by atoms with Gasteiger partial charge in [-0.1, -0.05) is 12.1 Å². The minimum atomic E-state index is -0.888. The number of nitrogens with zero attached hydrogens (tertiary/aromatic N) is 2. The first-order valence-electron chi connectivity index (χ1n) is 6.83. The molecule has 0 spiro atoms. The Morgan fingerprint density at radius 3 is 2.81 bits per heavy atom. The Kier molecular flexibility index (Phi) is 3.60. The summed E-state index contributed by atoms with van der Waals surface area (Å²) >= 11 is 0. The molecule has 1 fully saturated rings. The number of carbonyl (C=O) groups is 1. The lowest BCUT2D eigenvalue weighted by Gasteiger charge is -2.28. The lowest BCUT2D eigenvalue weighted by Crippen LogP contribution is -2.36. The number of hydrogen-bond donors (Lipinski definition) is 1. The molecule has 21 heavy (non-hydrogen) atoms. The van der Waals surface area contributed by atoms with Gasteiger partial charge in [0, 0.05) is 24.6 Å². The number of rotatable bonds is 2. The fraction of sp³-hybridized carbons (Fsp3) is 0.333. The summed E-state index contributed by atoms with van der Waals surface area (Å²) < 4.78 is 18.9. The van der Waals surface area contributed by atoms with Crippen LogP contribution in [0.25, 0.3) is 11.3 Å². The van der Waals surface area contributed by atoms with Gasteiger partial charge in [-0.05, 0) is 25.0 Å². The maximum atomic E-state index is 13.2. The molecule has 2 aromatic rings. The lowest BCUT2D eigenvalue weighted by atomic mass is 9.97. The van der Waals surface area contributed by atoms with Crippen LogP contribution in [0.15, 0.2) is 34.9 Å². The number of carboxylic acid groups (broad SMARTS) is 1. The molecule has 0 radical (unpaired) electrons. The topological polar surface area (TPSA) is 66.6 Å². The van der Waals surface area contributed by atoms with Crippen molar-refractivity contribution in [3.05, 3.63) is 42.2 Å².